The molecule has 0 unspecified atom stereocenters. The average Bonchev–Trinajstić information content (AvgIpc) is 2.96. The van der Waals surface area contributed by atoms with Gasteiger partial charge in [-0.1, -0.05) is 23.2 Å². The van der Waals surface area contributed by atoms with Gasteiger partial charge in [-0.3, -0.25) is 4.79 Å². The summed E-state index contributed by atoms with van der Waals surface area (Å²) in [5.41, 5.74) is 1.41. The van der Waals surface area contributed by atoms with Crippen LogP contribution in [0.5, 0.6) is 0 Å². The van der Waals surface area contributed by atoms with E-state index in [4.69, 9.17) is 23.2 Å². The Bertz CT molecular complexity index is 509. The van der Waals surface area contributed by atoms with Gasteiger partial charge in [0.05, 0.1) is 0 Å². The van der Waals surface area contributed by atoms with Crippen molar-refractivity contribution in [2.45, 2.75) is 19.4 Å². The topological polar surface area (TPSA) is 32.3 Å². The zero-order chi connectivity index (χ0) is 13.6. The fourth-order valence-corrected chi connectivity index (χ4v) is 3.52. The third kappa shape index (κ3) is 2.24. The van der Waals surface area contributed by atoms with Crippen molar-refractivity contribution in [3.63, 3.8) is 0 Å². The molecule has 0 aromatic heterocycles. The van der Waals surface area contributed by atoms with Gasteiger partial charge in [0.1, 0.15) is 0 Å². The van der Waals surface area contributed by atoms with Crippen LogP contribution in [0.4, 0.5) is 0 Å². The van der Waals surface area contributed by atoms with E-state index in [9.17, 15) is 4.79 Å². The zero-order valence-electron chi connectivity index (χ0n) is 10.7. The largest absolute Gasteiger partial charge is 0.334 e. The second-order valence-corrected chi connectivity index (χ2v) is 6.15. The first kappa shape index (κ1) is 13.2. The molecule has 5 heteroatoms. The molecular formula is C14H16Cl2N2O. The van der Waals surface area contributed by atoms with Crippen LogP contribution in [-0.4, -0.2) is 36.5 Å². The van der Waals surface area contributed by atoms with Gasteiger partial charge in [-0.15, -0.1) is 0 Å². The number of nitrogens with zero attached hydrogens (tertiary/aromatic N) is 1. The highest BCUT2D eigenvalue weighted by Crippen LogP contribution is 2.31. The van der Waals surface area contributed by atoms with Gasteiger partial charge in [0.25, 0.3) is 5.91 Å². The molecule has 1 aromatic carbocycles. The van der Waals surface area contributed by atoms with Crippen molar-refractivity contribution >= 4 is 29.1 Å². The summed E-state index contributed by atoms with van der Waals surface area (Å²) in [6.45, 7) is 4.60. The maximum atomic E-state index is 12.6. The number of rotatable bonds is 1. The van der Waals surface area contributed by atoms with Gasteiger partial charge in [-0.05, 0) is 37.0 Å². The lowest BCUT2D eigenvalue weighted by Crippen LogP contribution is -2.39. The first-order chi connectivity index (χ1) is 9.08. The first-order valence-corrected chi connectivity index (χ1v) is 7.31. The Hall–Kier alpha value is -0.770. The zero-order valence-corrected chi connectivity index (χ0v) is 12.3. The monoisotopic (exact) mass is 298 g/mol. The van der Waals surface area contributed by atoms with Crippen molar-refractivity contribution in [3.05, 3.63) is 33.3 Å². The van der Waals surface area contributed by atoms with Gasteiger partial charge < -0.3 is 10.2 Å². The van der Waals surface area contributed by atoms with Gasteiger partial charge in [-0.2, -0.15) is 0 Å². The van der Waals surface area contributed by atoms with Crippen molar-refractivity contribution in [2.24, 2.45) is 5.92 Å². The molecule has 3 nitrogen and oxygen atoms in total. The van der Waals surface area contributed by atoms with E-state index in [-0.39, 0.29) is 5.91 Å². The number of halogens is 2. The summed E-state index contributed by atoms with van der Waals surface area (Å²) in [5.74, 6) is 0.639. The summed E-state index contributed by atoms with van der Waals surface area (Å²) in [4.78, 5) is 14.5. The molecule has 2 aliphatic heterocycles. The molecule has 2 aliphatic rings. The smallest absolute Gasteiger partial charge is 0.254 e. The predicted octanol–water partition coefficient (Wildman–Crippen LogP) is 2.74. The number of likely N-dealkylation sites (tertiary alicyclic amines) is 1. The van der Waals surface area contributed by atoms with Crippen molar-refractivity contribution in [3.8, 4) is 0 Å². The van der Waals surface area contributed by atoms with Crippen LogP contribution in [-0.2, 0) is 0 Å². The SMILES string of the molecule is Cc1c(Cl)cc(C(=O)N2CC[C@@H]3CNC[C@@H]32)cc1Cl. The van der Waals surface area contributed by atoms with Crippen LogP contribution in [0.15, 0.2) is 12.1 Å². The fourth-order valence-electron chi connectivity index (χ4n) is 3.04. The molecule has 19 heavy (non-hydrogen) atoms. The van der Waals surface area contributed by atoms with Crippen LogP contribution in [0, 0.1) is 12.8 Å². The van der Waals surface area contributed by atoms with Crippen molar-refractivity contribution < 1.29 is 4.79 Å². The lowest BCUT2D eigenvalue weighted by Gasteiger charge is -2.23. The van der Waals surface area contributed by atoms with E-state index in [1.54, 1.807) is 12.1 Å². The number of carbonyl (C=O) groups excluding carboxylic acids is 1. The number of carbonyl (C=O) groups is 1. The minimum atomic E-state index is 0.0417. The highest BCUT2D eigenvalue weighted by molar-refractivity contribution is 6.36. The number of hydrogen-bond acceptors (Lipinski definition) is 2. The average molecular weight is 299 g/mol. The third-order valence-electron chi connectivity index (χ3n) is 4.23. The van der Waals surface area contributed by atoms with Crippen LogP contribution in [0.2, 0.25) is 10.0 Å². The van der Waals surface area contributed by atoms with E-state index in [0.29, 0.717) is 27.6 Å². The van der Waals surface area contributed by atoms with Crippen molar-refractivity contribution in [2.75, 3.05) is 19.6 Å². The molecule has 102 valence electrons. The van der Waals surface area contributed by atoms with Gasteiger partial charge in [0.15, 0.2) is 0 Å². The first-order valence-electron chi connectivity index (χ1n) is 6.55. The Morgan fingerprint density at radius 1 is 1.32 bits per heavy atom. The molecule has 0 aliphatic carbocycles. The Kier molecular flexibility index (Phi) is 3.46. The molecule has 2 fully saturated rings. The summed E-state index contributed by atoms with van der Waals surface area (Å²) >= 11 is 12.2. The van der Waals surface area contributed by atoms with Crippen LogP contribution in [0.1, 0.15) is 22.3 Å². The van der Waals surface area contributed by atoms with Crippen molar-refractivity contribution in [1.82, 2.24) is 10.2 Å². The summed E-state index contributed by atoms with van der Waals surface area (Å²) in [6, 6.07) is 3.77. The predicted molar refractivity (Wildman–Crippen MR) is 77.0 cm³/mol. The molecular weight excluding hydrogens is 283 g/mol. The van der Waals surface area contributed by atoms with E-state index in [0.717, 1.165) is 31.6 Å². The van der Waals surface area contributed by atoms with Crippen LogP contribution < -0.4 is 5.32 Å². The van der Waals surface area contributed by atoms with E-state index in [2.05, 4.69) is 5.32 Å². The molecule has 2 atom stereocenters. The lowest BCUT2D eigenvalue weighted by molar-refractivity contribution is 0.0737. The molecule has 0 radical (unpaired) electrons. The quantitative estimate of drug-likeness (QED) is 0.865. The lowest BCUT2D eigenvalue weighted by atomic mass is 10.0. The van der Waals surface area contributed by atoms with E-state index < -0.39 is 0 Å². The second kappa shape index (κ2) is 4.97. The molecule has 0 bridgehead atoms. The molecule has 3 rings (SSSR count). The van der Waals surface area contributed by atoms with E-state index in [1.807, 2.05) is 11.8 Å². The number of amides is 1. The highest BCUT2D eigenvalue weighted by atomic mass is 35.5. The maximum absolute atomic E-state index is 12.6. The molecule has 0 spiro atoms. The number of hydrogen-bond donors (Lipinski definition) is 1. The normalized spacial score (nSPS) is 25.7. The molecule has 1 amide bonds. The number of fused-ring (bicyclic) bond motifs is 1. The standard InChI is InChI=1S/C14H16Cl2N2O/c1-8-11(15)4-10(5-12(8)16)14(19)18-3-2-9-6-17-7-13(9)18/h4-5,9,13,17H,2-3,6-7H2,1H3/t9-,13+/m1/s1. The maximum Gasteiger partial charge on any atom is 0.254 e. The summed E-state index contributed by atoms with van der Waals surface area (Å²) < 4.78 is 0. The van der Waals surface area contributed by atoms with E-state index in [1.165, 1.54) is 0 Å². The molecule has 1 N–H and O–H groups in total. The van der Waals surface area contributed by atoms with Crippen molar-refractivity contribution in [1.29, 1.82) is 0 Å². The minimum Gasteiger partial charge on any atom is -0.334 e. The van der Waals surface area contributed by atoms with Gasteiger partial charge in [0, 0.05) is 41.3 Å². The summed E-state index contributed by atoms with van der Waals surface area (Å²) in [6.07, 6.45) is 1.08. The third-order valence-corrected chi connectivity index (χ3v) is 5.02. The van der Waals surface area contributed by atoms with Crippen LogP contribution >= 0.6 is 23.2 Å². The molecule has 1 aromatic rings. The number of benzene rings is 1. The Labute approximate surface area is 122 Å². The summed E-state index contributed by atoms with van der Waals surface area (Å²) in [5, 5.41) is 4.45. The van der Waals surface area contributed by atoms with Crippen LogP contribution in [0.3, 0.4) is 0 Å². The Morgan fingerprint density at radius 3 is 2.68 bits per heavy atom. The van der Waals surface area contributed by atoms with Gasteiger partial charge in [-0.25, -0.2) is 0 Å². The van der Waals surface area contributed by atoms with E-state index >= 15 is 0 Å². The molecule has 0 saturated carbocycles. The number of nitrogens with one attached hydrogen (secondary N) is 1. The molecule has 2 heterocycles. The van der Waals surface area contributed by atoms with Gasteiger partial charge in [0.2, 0.25) is 0 Å². The Morgan fingerprint density at radius 2 is 2.00 bits per heavy atom. The minimum absolute atomic E-state index is 0.0417. The Balaban J connectivity index is 1.88. The second-order valence-electron chi connectivity index (χ2n) is 5.34. The van der Waals surface area contributed by atoms with Crippen LogP contribution in [0.25, 0.3) is 0 Å². The summed E-state index contributed by atoms with van der Waals surface area (Å²) in [7, 11) is 0. The highest BCUT2D eigenvalue weighted by Gasteiger charge is 2.40. The van der Waals surface area contributed by atoms with Gasteiger partial charge >= 0.3 is 0 Å². The molecule has 2 saturated heterocycles. The fraction of sp³-hybridized carbons (Fsp3) is 0.500.